The lowest BCUT2D eigenvalue weighted by atomic mass is 9.96. The van der Waals surface area contributed by atoms with E-state index in [0.29, 0.717) is 11.3 Å². The molecule has 23 heavy (non-hydrogen) atoms. The number of hydrogen-bond acceptors (Lipinski definition) is 4. The second kappa shape index (κ2) is 8.17. The van der Waals surface area contributed by atoms with Gasteiger partial charge in [0.1, 0.15) is 5.75 Å². The van der Waals surface area contributed by atoms with Crippen LogP contribution in [0, 0.1) is 0 Å². The Kier molecular flexibility index (Phi) is 5.96. The third-order valence-electron chi connectivity index (χ3n) is 3.70. The number of amides is 4. The number of carbonyl (C=O) groups excluding carboxylic acids is 3. The van der Waals surface area contributed by atoms with E-state index in [0.717, 1.165) is 25.7 Å². The van der Waals surface area contributed by atoms with Crippen molar-refractivity contribution in [3.05, 3.63) is 29.8 Å². The fourth-order valence-electron chi connectivity index (χ4n) is 2.50. The summed E-state index contributed by atoms with van der Waals surface area (Å²) in [5.74, 6) is -0.649. The Morgan fingerprint density at radius 2 is 1.74 bits per heavy atom. The topological polar surface area (TPSA) is 111 Å². The summed E-state index contributed by atoms with van der Waals surface area (Å²) >= 11 is 0. The quantitative estimate of drug-likeness (QED) is 0.760. The van der Waals surface area contributed by atoms with Crippen molar-refractivity contribution in [1.82, 2.24) is 10.6 Å². The minimum atomic E-state index is -0.534. The van der Waals surface area contributed by atoms with Crippen molar-refractivity contribution < 1.29 is 19.1 Å². The number of nitrogens with one attached hydrogen (secondary N) is 2. The lowest BCUT2D eigenvalue weighted by Crippen LogP contribution is -2.46. The molecule has 0 radical (unpaired) electrons. The van der Waals surface area contributed by atoms with Crippen LogP contribution in [-0.2, 0) is 4.79 Å². The molecule has 1 aliphatic rings. The van der Waals surface area contributed by atoms with Gasteiger partial charge in [-0.05, 0) is 37.1 Å². The Hall–Kier alpha value is -2.57. The van der Waals surface area contributed by atoms with Crippen LogP contribution in [0.15, 0.2) is 24.3 Å². The summed E-state index contributed by atoms with van der Waals surface area (Å²) in [5, 5.41) is 5.03. The molecule has 0 bridgehead atoms. The van der Waals surface area contributed by atoms with Crippen LogP contribution in [-0.4, -0.2) is 30.5 Å². The van der Waals surface area contributed by atoms with Gasteiger partial charge in [0.2, 0.25) is 5.91 Å². The van der Waals surface area contributed by atoms with Crippen molar-refractivity contribution >= 4 is 17.8 Å². The fraction of sp³-hybridized carbons (Fsp3) is 0.438. The highest BCUT2D eigenvalue weighted by Crippen LogP contribution is 2.17. The number of ether oxygens (including phenoxy) is 1. The molecule has 1 saturated carbocycles. The van der Waals surface area contributed by atoms with Gasteiger partial charge in [0, 0.05) is 11.6 Å². The molecule has 1 aliphatic carbocycles. The highest BCUT2D eigenvalue weighted by atomic mass is 16.5. The summed E-state index contributed by atoms with van der Waals surface area (Å²) in [6.45, 7) is -0.284. The van der Waals surface area contributed by atoms with Crippen molar-refractivity contribution in [2.45, 2.75) is 38.1 Å². The number of hydrogen-bond donors (Lipinski definition) is 3. The zero-order valence-corrected chi connectivity index (χ0v) is 12.8. The third-order valence-corrected chi connectivity index (χ3v) is 3.70. The van der Waals surface area contributed by atoms with E-state index in [1.54, 1.807) is 0 Å². The van der Waals surface area contributed by atoms with E-state index < -0.39 is 17.8 Å². The summed E-state index contributed by atoms with van der Waals surface area (Å²) in [4.78, 5) is 34.3. The first-order valence-electron chi connectivity index (χ1n) is 7.67. The number of benzene rings is 1. The van der Waals surface area contributed by atoms with Crippen molar-refractivity contribution in [3.63, 3.8) is 0 Å². The number of urea groups is 1. The smallest absolute Gasteiger partial charge is 0.321 e. The number of primary amides is 1. The maximum atomic E-state index is 11.7. The SMILES string of the molecule is NC(=O)c1ccc(OCC(=O)NC(=O)NC2CCCCC2)cc1. The van der Waals surface area contributed by atoms with Crippen LogP contribution in [0.3, 0.4) is 0 Å². The van der Waals surface area contributed by atoms with Crippen LogP contribution in [0.25, 0.3) is 0 Å². The van der Waals surface area contributed by atoms with Gasteiger partial charge in [0.25, 0.3) is 5.91 Å². The largest absolute Gasteiger partial charge is 0.484 e. The molecule has 0 saturated heterocycles. The summed E-state index contributed by atoms with van der Waals surface area (Å²) in [6, 6.07) is 5.73. The van der Waals surface area contributed by atoms with E-state index in [-0.39, 0.29) is 12.6 Å². The summed E-state index contributed by atoms with van der Waals surface area (Å²) < 4.78 is 5.25. The number of nitrogens with two attached hydrogens (primary N) is 1. The maximum absolute atomic E-state index is 11.7. The third kappa shape index (κ3) is 5.61. The average molecular weight is 319 g/mol. The minimum Gasteiger partial charge on any atom is -0.484 e. The Balaban J connectivity index is 1.71. The van der Waals surface area contributed by atoms with Crippen molar-refractivity contribution in [2.75, 3.05) is 6.61 Å². The van der Waals surface area contributed by atoms with E-state index in [1.807, 2.05) is 0 Å². The Morgan fingerprint density at radius 3 is 2.35 bits per heavy atom. The second-order valence-electron chi connectivity index (χ2n) is 5.53. The van der Waals surface area contributed by atoms with E-state index in [4.69, 9.17) is 10.5 Å². The predicted molar refractivity (Wildman–Crippen MR) is 84.0 cm³/mol. The number of carbonyl (C=O) groups is 3. The first-order valence-corrected chi connectivity index (χ1v) is 7.67. The molecule has 0 heterocycles. The van der Waals surface area contributed by atoms with Crippen LogP contribution in [0.2, 0.25) is 0 Å². The van der Waals surface area contributed by atoms with Crippen molar-refractivity contribution in [3.8, 4) is 5.75 Å². The zero-order chi connectivity index (χ0) is 16.7. The van der Waals surface area contributed by atoms with Crippen LogP contribution in [0.4, 0.5) is 4.79 Å². The summed E-state index contributed by atoms with van der Waals surface area (Å²) in [6.07, 6.45) is 5.29. The van der Waals surface area contributed by atoms with E-state index >= 15 is 0 Å². The van der Waals surface area contributed by atoms with Gasteiger partial charge in [0.05, 0.1) is 0 Å². The van der Waals surface area contributed by atoms with Gasteiger partial charge in [0.15, 0.2) is 6.61 Å². The summed E-state index contributed by atoms with van der Waals surface area (Å²) in [7, 11) is 0. The molecule has 4 amide bonds. The first-order chi connectivity index (χ1) is 11.0. The maximum Gasteiger partial charge on any atom is 0.321 e. The molecular weight excluding hydrogens is 298 g/mol. The van der Waals surface area contributed by atoms with Gasteiger partial charge < -0.3 is 15.8 Å². The van der Waals surface area contributed by atoms with Gasteiger partial charge in [-0.2, -0.15) is 0 Å². The Morgan fingerprint density at radius 1 is 1.09 bits per heavy atom. The van der Waals surface area contributed by atoms with Gasteiger partial charge >= 0.3 is 6.03 Å². The molecule has 7 heteroatoms. The van der Waals surface area contributed by atoms with Crippen LogP contribution < -0.4 is 21.1 Å². The predicted octanol–water partition coefficient (Wildman–Crippen LogP) is 1.32. The van der Waals surface area contributed by atoms with Crippen LogP contribution >= 0.6 is 0 Å². The molecular formula is C16H21N3O4. The van der Waals surface area contributed by atoms with E-state index in [1.165, 1.54) is 30.7 Å². The standard InChI is InChI=1S/C16H21N3O4/c17-15(21)11-6-8-13(9-7-11)23-10-14(20)19-16(22)18-12-4-2-1-3-5-12/h6-9,12H,1-5,10H2,(H2,17,21)(H2,18,19,20,22). The molecule has 0 aromatic heterocycles. The second-order valence-corrected chi connectivity index (χ2v) is 5.53. The molecule has 1 aromatic rings. The highest BCUT2D eigenvalue weighted by Gasteiger charge is 2.17. The summed E-state index contributed by atoms with van der Waals surface area (Å²) in [5.41, 5.74) is 5.48. The monoisotopic (exact) mass is 319 g/mol. The van der Waals surface area contributed by atoms with Crippen molar-refractivity contribution in [2.24, 2.45) is 5.73 Å². The van der Waals surface area contributed by atoms with E-state index in [2.05, 4.69) is 10.6 Å². The molecule has 1 fully saturated rings. The molecule has 4 N–H and O–H groups in total. The molecule has 2 rings (SSSR count). The number of rotatable bonds is 5. The first kappa shape index (κ1) is 16.8. The molecule has 0 atom stereocenters. The molecule has 0 unspecified atom stereocenters. The lowest BCUT2D eigenvalue weighted by molar-refractivity contribution is -0.122. The molecule has 124 valence electrons. The zero-order valence-electron chi connectivity index (χ0n) is 12.8. The van der Waals surface area contributed by atoms with Crippen molar-refractivity contribution in [1.29, 1.82) is 0 Å². The normalized spacial score (nSPS) is 14.8. The van der Waals surface area contributed by atoms with Gasteiger partial charge in [-0.25, -0.2) is 4.79 Å². The molecule has 7 nitrogen and oxygen atoms in total. The Labute approximate surface area is 134 Å². The van der Waals surface area contributed by atoms with Gasteiger partial charge in [-0.3, -0.25) is 14.9 Å². The minimum absolute atomic E-state index is 0.138. The Bertz CT molecular complexity index is 565. The van der Waals surface area contributed by atoms with Gasteiger partial charge in [-0.1, -0.05) is 19.3 Å². The molecule has 1 aromatic carbocycles. The van der Waals surface area contributed by atoms with Crippen LogP contribution in [0.5, 0.6) is 5.75 Å². The number of imide groups is 1. The highest BCUT2D eigenvalue weighted by molar-refractivity contribution is 5.95. The lowest BCUT2D eigenvalue weighted by Gasteiger charge is -2.22. The molecule has 0 spiro atoms. The fourth-order valence-corrected chi connectivity index (χ4v) is 2.50. The molecule has 0 aliphatic heterocycles. The van der Waals surface area contributed by atoms with Crippen LogP contribution in [0.1, 0.15) is 42.5 Å². The van der Waals surface area contributed by atoms with E-state index in [9.17, 15) is 14.4 Å². The average Bonchev–Trinajstić information content (AvgIpc) is 2.54. The van der Waals surface area contributed by atoms with Gasteiger partial charge in [-0.15, -0.1) is 0 Å².